The van der Waals surface area contributed by atoms with Crippen LogP contribution in [0.5, 0.6) is 0 Å². The Morgan fingerprint density at radius 1 is 1.02 bits per heavy atom. The Hall–Kier alpha value is -3.45. The first-order chi connectivity index (χ1) is 19.8. The number of benzene rings is 2. The topological polar surface area (TPSA) is 57.3 Å². The van der Waals surface area contributed by atoms with Crippen LogP contribution in [0.15, 0.2) is 36.5 Å². The van der Waals surface area contributed by atoms with Gasteiger partial charge in [0.25, 0.3) is 0 Å². The van der Waals surface area contributed by atoms with Gasteiger partial charge in [-0.3, -0.25) is 0 Å². The van der Waals surface area contributed by atoms with Crippen molar-refractivity contribution < 1.29 is 9.13 Å². The number of anilines is 2. The van der Waals surface area contributed by atoms with Gasteiger partial charge in [-0.15, -0.1) is 0 Å². The number of ether oxygens (including phenoxy) is 1. The molecule has 214 valence electrons. The van der Waals surface area contributed by atoms with Crippen molar-refractivity contribution in [2.75, 3.05) is 23.5 Å². The molecule has 2 fully saturated rings. The van der Waals surface area contributed by atoms with Crippen molar-refractivity contribution in [3.05, 3.63) is 70.3 Å². The molecule has 41 heavy (non-hydrogen) atoms. The van der Waals surface area contributed by atoms with Crippen LogP contribution < -0.4 is 9.80 Å². The van der Waals surface area contributed by atoms with Gasteiger partial charge in [0.05, 0.1) is 17.3 Å². The summed E-state index contributed by atoms with van der Waals surface area (Å²) in [6.45, 7) is 10.4. The lowest BCUT2D eigenvalue weighted by Gasteiger charge is -2.42. The van der Waals surface area contributed by atoms with Gasteiger partial charge < -0.3 is 19.5 Å². The van der Waals surface area contributed by atoms with Gasteiger partial charge in [-0.1, -0.05) is 26.0 Å². The van der Waals surface area contributed by atoms with E-state index < -0.39 is 0 Å². The molecule has 4 aromatic rings. The minimum Gasteiger partial charge on any atom is -0.381 e. The third kappa shape index (κ3) is 4.40. The molecule has 3 atom stereocenters. The predicted molar refractivity (Wildman–Crippen MR) is 163 cm³/mol. The molecule has 1 N–H and O–H groups in total. The summed E-state index contributed by atoms with van der Waals surface area (Å²) in [5.74, 6) is 2.01. The van der Waals surface area contributed by atoms with Crippen molar-refractivity contribution >= 4 is 22.4 Å². The highest BCUT2D eigenvalue weighted by atomic mass is 19.1. The van der Waals surface area contributed by atoms with Crippen LogP contribution >= 0.6 is 0 Å². The fraction of sp³-hybridized carbons (Fsp3) is 0.471. The average molecular weight is 554 g/mol. The number of hydrogen-bond donors (Lipinski definition) is 1. The molecular formula is C34H40FN5O. The van der Waals surface area contributed by atoms with Crippen molar-refractivity contribution in [3.8, 4) is 11.4 Å². The van der Waals surface area contributed by atoms with Crippen molar-refractivity contribution in [2.45, 2.75) is 90.4 Å². The Kier molecular flexibility index (Phi) is 6.53. The number of aromatic amines is 1. The number of H-pyrrole nitrogens is 1. The minimum absolute atomic E-state index is 0.246. The summed E-state index contributed by atoms with van der Waals surface area (Å²) in [4.78, 5) is 18.8. The number of piperidine rings is 1. The quantitative estimate of drug-likeness (QED) is 0.283. The zero-order chi connectivity index (χ0) is 28.4. The number of nitrogens with one attached hydrogen (secondary N) is 1. The molecule has 2 aromatic heterocycles. The second kappa shape index (κ2) is 10.1. The Morgan fingerprint density at radius 2 is 1.80 bits per heavy atom. The number of nitrogens with zero attached hydrogens (tertiary/aromatic N) is 4. The highest BCUT2D eigenvalue weighted by Gasteiger charge is 2.43. The number of aryl methyl sites for hydroxylation is 2. The summed E-state index contributed by atoms with van der Waals surface area (Å²) in [5, 5.41) is 0.871. The van der Waals surface area contributed by atoms with Gasteiger partial charge in [0.2, 0.25) is 0 Å². The van der Waals surface area contributed by atoms with Crippen LogP contribution in [0.25, 0.3) is 22.3 Å². The van der Waals surface area contributed by atoms with E-state index >= 15 is 0 Å². The molecule has 0 aliphatic carbocycles. The highest BCUT2D eigenvalue weighted by molar-refractivity contribution is 5.96. The van der Waals surface area contributed by atoms with Gasteiger partial charge in [0.1, 0.15) is 11.6 Å². The first-order valence-corrected chi connectivity index (χ1v) is 15.1. The summed E-state index contributed by atoms with van der Waals surface area (Å²) in [5.41, 5.74) is 8.76. The molecule has 2 aromatic carbocycles. The smallest absolute Gasteiger partial charge is 0.162 e. The van der Waals surface area contributed by atoms with E-state index in [4.69, 9.17) is 14.7 Å². The maximum Gasteiger partial charge on any atom is 0.162 e. The van der Waals surface area contributed by atoms with Crippen molar-refractivity contribution in [1.82, 2.24) is 15.0 Å². The lowest BCUT2D eigenvalue weighted by Crippen LogP contribution is -2.47. The molecule has 0 saturated carbocycles. The molecule has 5 heterocycles. The number of fused-ring (bicyclic) bond motifs is 4. The standard InChI is InChI=1S/C34H40FN5O/c1-19(2)22-7-6-20(3)30(14-22)39-13-12-29-27(18-39)34(40-23-8-9-24(40)16-25(15-23)41-5)38-33(37-29)26-10-11-28(35)32-31(26)21(4)17-36-32/h6-7,10-11,14,17,19,23-25,36H,8-9,12-13,15-16,18H2,1-5H3/t23-,24+,25?. The number of aromatic nitrogens is 3. The van der Waals surface area contributed by atoms with Crippen molar-refractivity contribution in [3.63, 3.8) is 0 Å². The van der Waals surface area contributed by atoms with Crippen LogP contribution in [0.2, 0.25) is 0 Å². The Bertz CT molecular complexity index is 1610. The molecule has 6 nitrogen and oxygen atoms in total. The fourth-order valence-electron chi connectivity index (χ4n) is 7.49. The van der Waals surface area contributed by atoms with Crippen LogP contribution in [0, 0.1) is 19.7 Å². The Labute approximate surface area is 241 Å². The minimum atomic E-state index is -0.246. The van der Waals surface area contributed by atoms with Crippen LogP contribution in [0.1, 0.15) is 73.4 Å². The van der Waals surface area contributed by atoms with Gasteiger partial charge in [0, 0.05) is 67.1 Å². The van der Waals surface area contributed by atoms with E-state index in [1.54, 1.807) is 0 Å². The largest absolute Gasteiger partial charge is 0.381 e. The van der Waals surface area contributed by atoms with Crippen LogP contribution in [-0.2, 0) is 17.7 Å². The molecule has 7 heteroatoms. The monoisotopic (exact) mass is 553 g/mol. The molecule has 0 radical (unpaired) electrons. The van der Waals surface area contributed by atoms with E-state index in [2.05, 4.69) is 53.8 Å². The third-order valence-electron chi connectivity index (χ3n) is 9.77. The zero-order valence-electron chi connectivity index (χ0n) is 24.8. The number of hydrogen-bond acceptors (Lipinski definition) is 5. The molecule has 3 aliphatic rings. The van der Waals surface area contributed by atoms with E-state index in [0.717, 1.165) is 73.2 Å². The fourth-order valence-corrected chi connectivity index (χ4v) is 7.49. The maximum atomic E-state index is 14.7. The van der Waals surface area contributed by atoms with Gasteiger partial charge >= 0.3 is 0 Å². The van der Waals surface area contributed by atoms with Crippen LogP contribution in [0.4, 0.5) is 15.9 Å². The van der Waals surface area contributed by atoms with E-state index in [1.165, 1.54) is 28.4 Å². The van der Waals surface area contributed by atoms with Crippen LogP contribution in [0.3, 0.4) is 0 Å². The zero-order valence-corrected chi connectivity index (χ0v) is 24.8. The SMILES string of the molecule is COC1C[C@H]2CC[C@@H](C1)N2c1nc(-c2ccc(F)c3[nH]cc(C)c23)nc2c1CN(c1cc(C(C)C)ccc1C)CC2. The molecule has 3 aliphatic heterocycles. The van der Waals surface area contributed by atoms with E-state index in [-0.39, 0.29) is 5.82 Å². The molecule has 2 saturated heterocycles. The van der Waals surface area contributed by atoms with E-state index in [1.807, 2.05) is 26.3 Å². The maximum absolute atomic E-state index is 14.7. The second-order valence-corrected chi connectivity index (χ2v) is 12.6. The predicted octanol–water partition coefficient (Wildman–Crippen LogP) is 7.21. The van der Waals surface area contributed by atoms with Crippen molar-refractivity contribution in [2.24, 2.45) is 0 Å². The second-order valence-electron chi connectivity index (χ2n) is 12.6. The molecule has 0 amide bonds. The molecule has 0 spiro atoms. The first-order valence-electron chi connectivity index (χ1n) is 15.1. The first kappa shape index (κ1) is 26.4. The van der Waals surface area contributed by atoms with Gasteiger partial charge in [-0.05, 0) is 80.3 Å². The highest BCUT2D eigenvalue weighted by Crippen LogP contribution is 2.44. The van der Waals surface area contributed by atoms with Gasteiger partial charge in [0.15, 0.2) is 5.82 Å². The number of rotatable bonds is 5. The molecule has 1 unspecified atom stereocenters. The normalized spacial score (nSPS) is 22.2. The average Bonchev–Trinajstić information content (AvgIpc) is 3.49. The van der Waals surface area contributed by atoms with Gasteiger partial charge in [-0.2, -0.15) is 0 Å². The summed E-state index contributed by atoms with van der Waals surface area (Å²) in [7, 11) is 1.84. The Balaban J connectivity index is 1.37. The lowest BCUT2D eigenvalue weighted by atomic mass is 9.96. The number of halogens is 1. The molecular weight excluding hydrogens is 513 g/mol. The number of methoxy groups -OCH3 is 1. The van der Waals surface area contributed by atoms with Crippen molar-refractivity contribution in [1.29, 1.82) is 0 Å². The summed E-state index contributed by atoms with van der Waals surface area (Å²) >= 11 is 0. The molecule has 7 rings (SSSR count). The lowest BCUT2D eigenvalue weighted by molar-refractivity contribution is 0.0681. The third-order valence-corrected chi connectivity index (χ3v) is 9.77. The Morgan fingerprint density at radius 3 is 2.54 bits per heavy atom. The van der Waals surface area contributed by atoms with E-state index in [9.17, 15) is 4.39 Å². The summed E-state index contributed by atoms with van der Waals surface area (Å²) in [6, 6.07) is 11.1. The summed E-state index contributed by atoms with van der Waals surface area (Å²) in [6.07, 6.45) is 7.40. The molecule has 2 bridgehead atoms. The van der Waals surface area contributed by atoms with Crippen LogP contribution in [-0.4, -0.2) is 46.8 Å². The van der Waals surface area contributed by atoms with E-state index in [0.29, 0.717) is 35.4 Å². The summed E-state index contributed by atoms with van der Waals surface area (Å²) < 4.78 is 20.6. The van der Waals surface area contributed by atoms with Gasteiger partial charge in [-0.25, -0.2) is 14.4 Å².